The van der Waals surface area contributed by atoms with E-state index in [4.69, 9.17) is 14.3 Å². The fourth-order valence-corrected chi connectivity index (χ4v) is 2.26. The highest BCUT2D eigenvalue weighted by molar-refractivity contribution is 5.84. The van der Waals surface area contributed by atoms with Gasteiger partial charge < -0.3 is 9.47 Å². The van der Waals surface area contributed by atoms with Crippen LogP contribution >= 0.6 is 0 Å². The van der Waals surface area contributed by atoms with Crippen LogP contribution in [0.25, 0.3) is 0 Å². The van der Waals surface area contributed by atoms with E-state index >= 15 is 0 Å². The van der Waals surface area contributed by atoms with E-state index in [0.717, 1.165) is 21.9 Å². The van der Waals surface area contributed by atoms with Gasteiger partial charge in [-0.05, 0) is 17.7 Å². The molecule has 0 radical (unpaired) electrons. The first-order valence-electron chi connectivity index (χ1n) is 6.20. The molecule has 1 heterocycles. The van der Waals surface area contributed by atoms with Gasteiger partial charge >= 0.3 is 0 Å². The summed E-state index contributed by atoms with van der Waals surface area (Å²) in [6.45, 7) is 3.64. The first kappa shape index (κ1) is 13.7. The quantitative estimate of drug-likeness (QED) is 0.853. The zero-order valence-electron chi connectivity index (χ0n) is 11.7. The van der Waals surface area contributed by atoms with E-state index in [1.807, 2.05) is 31.2 Å². The number of rotatable bonds is 3. The Hall–Kier alpha value is -1.75. The lowest BCUT2D eigenvalue weighted by Crippen LogP contribution is -2.44. The highest BCUT2D eigenvalue weighted by Crippen LogP contribution is 2.34. The second kappa shape index (κ2) is 5.09. The monoisotopic (exact) mass is 266 g/mol. The number of nitrogens with zero attached hydrogens (tertiary/aromatic N) is 1. The molecule has 1 aliphatic heterocycles. The number of ether oxygens (including phenoxy) is 2. The Bertz CT molecular complexity index is 483. The zero-order valence-corrected chi connectivity index (χ0v) is 11.7. The average molecular weight is 266 g/mol. The minimum absolute atomic E-state index is 0.0367. The van der Waals surface area contributed by atoms with Gasteiger partial charge in [-0.3, -0.25) is 0 Å². The lowest BCUT2D eigenvalue weighted by Gasteiger charge is -2.29. The number of benzene rings is 1. The Morgan fingerprint density at radius 3 is 2.47 bits per heavy atom. The predicted molar refractivity (Wildman–Crippen MR) is 69.6 cm³/mol. The maximum absolute atomic E-state index is 9.85. The number of methoxy groups -OCH3 is 2. The van der Waals surface area contributed by atoms with Gasteiger partial charge in [-0.1, -0.05) is 12.1 Å². The highest BCUT2D eigenvalue weighted by Gasteiger charge is 2.45. The summed E-state index contributed by atoms with van der Waals surface area (Å²) in [5.41, 5.74) is 1.82. The molecule has 1 aliphatic rings. The van der Waals surface area contributed by atoms with Crippen molar-refractivity contribution in [2.45, 2.75) is 32.0 Å². The molecule has 2 rings (SSSR count). The molecule has 0 bridgehead atoms. The van der Waals surface area contributed by atoms with Crippen molar-refractivity contribution in [2.75, 3.05) is 14.2 Å². The first-order chi connectivity index (χ1) is 8.99. The van der Waals surface area contributed by atoms with Crippen molar-refractivity contribution in [3.05, 3.63) is 29.8 Å². The normalized spacial score (nSPS) is 27.1. The summed E-state index contributed by atoms with van der Waals surface area (Å²) in [4.78, 5) is 6.14. The third-order valence-corrected chi connectivity index (χ3v) is 3.61. The summed E-state index contributed by atoms with van der Waals surface area (Å²) in [5, 5.41) is 9.85. The molecule has 1 N–H and O–H groups in total. The SMILES string of the molecule is COc1ccc(C2CC(C)(OC)O[N+](O)=C2C)cc1. The topological polar surface area (TPSA) is 50.9 Å². The Morgan fingerprint density at radius 2 is 1.95 bits per heavy atom. The third-order valence-electron chi connectivity index (χ3n) is 3.61. The maximum atomic E-state index is 9.85. The largest absolute Gasteiger partial charge is 0.497 e. The van der Waals surface area contributed by atoms with Crippen molar-refractivity contribution in [1.29, 1.82) is 0 Å². The van der Waals surface area contributed by atoms with Crippen LogP contribution in [0.4, 0.5) is 0 Å². The predicted octanol–water partition coefficient (Wildman–Crippen LogP) is 2.34. The van der Waals surface area contributed by atoms with E-state index in [1.165, 1.54) is 0 Å². The summed E-state index contributed by atoms with van der Waals surface area (Å²) in [6, 6.07) is 7.79. The molecule has 0 amide bonds. The van der Waals surface area contributed by atoms with Gasteiger partial charge in [-0.25, -0.2) is 5.21 Å². The van der Waals surface area contributed by atoms with Crippen molar-refractivity contribution < 1.29 is 24.4 Å². The van der Waals surface area contributed by atoms with E-state index in [1.54, 1.807) is 21.1 Å². The summed E-state index contributed by atoms with van der Waals surface area (Å²) in [5.74, 6) is 0.0113. The van der Waals surface area contributed by atoms with Gasteiger partial charge in [-0.2, -0.15) is 4.84 Å². The smallest absolute Gasteiger partial charge is 0.283 e. The van der Waals surface area contributed by atoms with Crippen LogP contribution in [0.5, 0.6) is 5.75 Å². The lowest BCUT2D eigenvalue weighted by molar-refractivity contribution is -0.985. The molecule has 1 aromatic rings. The van der Waals surface area contributed by atoms with Crippen LogP contribution in [0.2, 0.25) is 0 Å². The van der Waals surface area contributed by atoms with Crippen LogP contribution in [-0.4, -0.2) is 35.8 Å². The van der Waals surface area contributed by atoms with Gasteiger partial charge in [0.1, 0.15) is 5.75 Å². The van der Waals surface area contributed by atoms with Gasteiger partial charge in [0.15, 0.2) is 4.90 Å². The van der Waals surface area contributed by atoms with E-state index in [2.05, 4.69) is 0 Å². The summed E-state index contributed by atoms with van der Waals surface area (Å²) in [6.07, 6.45) is 0.638. The molecule has 0 spiro atoms. The Morgan fingerprint density at radius 1 is 1.32 bits per heavy atom. The van der Waals surface area contributed by atoms with Crippen LogP contribution < -0.4 is 4.74 Å². The second-order valence-corrected chi connectivity index (χ2v) is 4.87. The lowest BCUT2D eigenvalue weighted by atomic mass is 9.87. The molecule has 2 atom stereocenters. The van der Waals surface area contributed by atoms with Gasteiger partial charge in [0.2, 0.25) is 0 Å². The Kier molecular flexibility index (Phi) is 3.66. The second-order valence-electron chi connectivity index (χ2n) is 4.87. The zero-order chi connectivity index (χ0) is 14.0. The Labute approximate surface area is 112 Å². The van der Waals surface area contributed by atoms with Crippen molar-refractivity contribution in [2.24, 2.45) is 0 Å². The number of hydrogen-bond donors (Lipinski definition) is 1. The first-order valence-corrected chi connectivity index (χ1v) is 6.20. The number of hydrogen-bond acceptors (Lipinski definition) is 4. The van der Waals surface area contributed by atoms with Crippen molar-refractivity contribution in [1.82, 2.24) is 0 Å². The summed E-state index contributed by atoms with van der Waals surface area (Å²) in [7, 11) is 3.21. The fraction of sp³-hybridized carbons (Fsp3) is 0.500. The van der Waals surface area contributed by atoms with Gasteiger partial charge in [-0.15, -0.1) is 0 Å². The molecule has 0 saturated carbocycles. The van der Waals surface area contributed by atoms with Gasteiger partial charge in [0.25, 0.3) is 11.5 Å². The van der Waals surface area contributed by atoms with Crippen LogP contribution in [0.1, 0.15) is 31.7 Å². The minimum Gasteiger partial charge on any atom is -0.497 e. The van der Waals surface area contributed by atoms with Crippen molar-refractivity contribution >= 4 is 5.71 Å². The van der Waals surface area contributed by atoms with E-state index < -0.39 is 5.79 Å². The van der Waals surface area contributed by atoms with Crippen LogP contribution in [0.15, 0.2) is 24.3 Å². The van der Waals surface area contributed by atoms with E-state index in [-0.39, 0.29) is 5.92 Å². The summed E-state index contributed by atoms with van der Waals surface area (Å²) >= 11 is 0. The van der Waals surface area contributed by atoms with Crippen LogP contribution in [0.3, 0.4) is 0 Å². The van der Waals surface area contributed by atoms with E-state index in [0.29, 0.717) is 6.42 Å². The molecule has 1 aromatic carbocycles. The molecule has 0 fully saturated rings. The Balaban J connectivity index is 2.33. The molecule has 19 heavy (non-hydrogen) atoms. The molecule has 104 valence electrons. The van der Waals surface area contributed by atoms with Crippen molar-refractivity contribution in [3.8, 4) is 5.75 Å². The molecule has 0 saturated heterocycles. The molecule has 2 unspecified atom stereocenters. The molecule has 0 aliphatic carbocycles. The third kappa shape index (κ3) is 2.66. The van der Waals surface area contributed by atoms with E-state index in [9.17, 15) is 5.21 Å². The van der Waals surface area contributed by atoms with Crippen LogP contribution in [-0.2, 0) is 9.57 Å². The van der Waals surface area contributed by atoms with Crippen molar-refractivity contribution in [3.63, 3.8) is 0 Å². The molecule has 0 aromatic heterocycles. The molecular weight excluding hydrogens is 246 g/mol. The molecule has 5 nitrogen and oxygen atoms in total. The fourth-order valence-electron chi connectivity index (χ4n) is 2.26. The van der Waals surface area contributed by atoms with Gasteiger partial charge in [0, 0.05) is 27.4 Å². The molecular formula is C14H20NO4+. The highest BCUT2D eigenvalue weighted by atomic mass is 16.9. The maximum Gasteiger partial charge on any atom is 0.283 e. The van der Waals surface area contributed by atoms with Gasteiger partial charge in [0.05, 0.1) is 13.0 Å². The summed E-state index contributed by atoms with van der Waals surface area (Å²) < 4.78 is 10.5. The molecule has 5 heteroatoms. The minimum atomic E-state index is -0.834. The van der Waals surface area contributed by atoms with Crippen LogP contribution in [0, 0.1) is 0 Å². The standard InChI is InChI=1S/C14H20NO4/c1-10-13(9-14(2,18-4)19-15(10)16)11-5-7-12(17-3)8-6-11/h5-8,13,16H,9H2,1-4H3/q+1. The average Bonchev–Trinajstić information content (AvgIpc) is 2.43.